The van der Waals surface area contributed by atoms with Crippen molar-refractivity contribution in [1.82, 2.24) is 14.9 Å². The smallest absolute Gasteiger partial charge is 0.433 e. The summed E-state index contributed by atoms with van der Waals surface area (Å²) in [6, 6.07) is 5.62. The van der Waals surface area contributed by atoms with Crippen molar-refractivity contribution < 1.29 is 27.4 Å². The van der Waals surface area contributed by atoms with Gasteiger partial charge in [0.1, 0.15) is 5.69 Å². The fourth-order valence-electron chi connectivity index (χ4n) is 3.14. The lowest BCUT2D eigenvalue weighted by Crippen LogP contribution is -2.36. The van der Waals surface area contributed by atoms with Crippen LogP contribution >= 0.6 is 11.8 Å². The van der Waals surface area contributed by atoms with E-state index in [4.69, 9.17) is 9.47 Å². The number of amides is 1. The first-order valence-corrected chi connectivity index (χ1v) is 10.4. The van der Waals surface area contributed by atoms with Gasteiger partial charge in [0.15, 0.2) is 16.7 Å². The van der Waals surface area contributed by atoms with Crippen LogP contribution in [0.2, 0.25) is 0 Å². The van der Waals surface area contributed by atoms with Crippen molar-refractivity contribution in [2.45, 2.75) is 30.6 Å². The van der Waals surface area contributed by atoms with E-state index in [9.17, 15) is 18.0 Å². The molecule has 0 aliphatic carbocycles. The van der Waals surface area contributed by atoms with E-state index in [0.29, 0.717) is 30.2 Å². The summed E-state index contributed by atoms with van der Waals surface area (Å²) in [5.41, 5.74) is -0.550. The van der Waals surface area contributed by atoms with Crippen LogP contribution in [-0.4, -0.2) is 53.8 Å². The van der Waals surface area contributed by atoms with Gasteiger partial charge in [-0.15, -0.1) is 0 Å². The highest BCUT2D eigenvalue weighted by molar-refractivity contribution is 7.99. The number of hydrogen-bond donors (Lipinski definition) is 0. The van der Waals surface area contributed by atoms with Crippen molar-refractivity contribution in [2.24, 2.45) is 0 Å². The molecule has 1 fully saturated rings. The molecule has 1 amide bonds. The second-order valence-electron chi connectivity index (χ2n) is 6.72. The first kappa shape index (κ1) is 22.2. The van der Waals surface area contributed by atoms with Crippen LogP contribution in [0.4, 0.5) is 13.2 Å². The first-order chi connectivity index (χ1) is 14.3. The van der Waals surface area contributed by atoms with Crippen molar-refractivity contribution in [2.75, 3.05) is 33.1 Å². The van der Waals surface area contributed by atoms with Crippen LogP contribution in [0.5, 0.6) is 11.5 Å². The van der Waals surface area contributed by atoms with Crippen LogP contribution < -0.4 is 9.47 Å². The summed E-state index contributed by atoms with van der Waals surface area (Å²) in [4.78, 5) is 22.0. The third-order valence-corrected chi connectivity index (χ3v) is 5.54. The average molecular weight is 441 g/mol. The third-order valence-electron chi connectivity index (χ3n) is 4.71. The summed E-state index contributed by atoms with van der Waals surface area (Å²) in [6.45, 7) is 1.36. The maximum Gasteiger partial charge on any atom is 0.433 e. The van der Waals surface area contributed by atoms with E-state index < -0.39 is 11.9 Å². The van der Waals surface area contributed by atoms with Gasteiger partial charge in [-0.3, -0.25) is 4.79 Å². The zero-order chi connectivity index (χ0) is 21.7. The standard InChI is InChI=1S/C20H22F3N3O3S/c1-28-15-7-6-13(10-16(15)29-2)14-11-17(20(21,22)23)25-19(24-14)30-12-18(27)26-8-4-3-5-9-26/h6-7,10-11H,3-5,8-9,12H2,1-2H3. The molecule has 0 atom stereocenters. The van der Waals surface area contributed by atoms with E-state index in [2.05, 4.69) is 9.97 Å². The number of carbonyl (C=O) groups is 1. The molecule has 2 aromatic rings. The highest BCUT2D eigenvalue weighted by Crippen LogP contribution is 2.35. The van der Waals surface area contributed by atoms with Crippen LogP contribution in [-0.2, 0) is 11.0 Å². The SMILES string of the molecule is COc1ccc(-c2cc(C(F)(F)F)nc(SCC(=O)N3CCCCC3)n2)cc1OC. The molecule has 1 aliphatic heterocycles. The van der Waals surface area contributed by atoms with Crippen molar-refractivity contribution in [3.05, 3.63) is 30.0 Å². The van der Waals surface area contributed by atoms with Gasteiger partial charge in [-0.05, 0) is 43.5 Å². The summed E-state index contributed by atoms with van der Waals surface area (Å²) >= 11 is 0.910. The normalized spacial score (nSPS) is 14.5. The van der Waals surface area contributed by atoms with Crippen molar-refractivity contribution >= 4 is 17.7 Å². The number of halogens is 3. The van der Waals surface area contributed by atoms with Gasteiger partial charge in [-0.2, -0.15) is 13.2 Å². The molecule has 6 nitrogen and oxygen atoms in total. The lowest BCUT2D eigenvalue weighted by atomic mass is 10.1. The van der Waals surface area contributed by atoms with E-state index in [1.807, 2.05) is 0 Å². The van der Waals surface area contributed by atoms with Crippen molar-refractivity contribution in [3.63, 3.8) is 0 Å². The van der Waals surface area contributed by atoms with Crippen LogP contribution in [0, 0.1) is 0 Å². The van der Waals surface area contributed by atoms with Gasteiger partial charge in [0, 0.05) is 18.7 Å². The van der Waals surface area contributed by atoms with E-state index in [1.165, 1.54) is 14.2 Å². The molecular weight excluding hydrogens is 419 g/mol. The van der Waals surface area contributed by atoms with Crippen molar-refractivity contribution in [3.8, 4) is 22.8 Å². The zero-order valence-corrected chi connectivity index (χ0v) is 17.5. The number of ether oxygens (including phenoxy) is 2. The Bertz CT molecular complexity index is 903. The molecule has 0 N–H and O–H groups in total. The van der Waals surface area contributed by atoms with E-state index >= 15 is 0 Å². The number of nitrogens with zero attached hydrogens (tertiary/aromatic N) is 3. The fourth-order valence-corrected chi connectivity index (χ4v) is 3.90. The number of carbonyl (C=O) groups excluding carboxylic acids is 1. The van der Waals surface area contributed by atoms with Gasteiger partial charge in [-0.1, -0.05) is 11.8 Å². The maximum absolute atomic E-state index is 13.4. The number of benzene rings is 1. The van der Waals surface area contributed by atoms with Crippen LogP contribution in [0.1, 0.15) is 25.0 Å². The molecule has 1 aliphatic rings. The van der Waals surface area contributed by atoms with Crippen molar-refractivity contribution in [1.29, 1.82) is 0 Å². The fraction of sp³-hybridized carbons (Fsp3) is 0.450. The monoisotopic (exact) mass is 441 g/mol. The van der Waals surface area contributed by atoms with Crippen LogP contribution in [0.25, 0.3) is 11.3 Å². The second kappa shape index (κ2) is 9.55. The Morgan fingerprint density at radius 3 is 2.40 bits per heavy atom. The largest absolute Gasteiger partial charge is 0.493 e. The summed E-state index contributed by atoms with van der Waals surface area (Å²) in [5.74, 6) is 0.699. The van der Waals surface area contributed by atoms with Gasteiger partial charge in [-0.25, -0.2) is 9.97 Å². The molecule has 1 aromatic carbocycles. The lowest BCUT2D eigenvalue weighted by molar-refractivity contribution is -0.141. The summed E-state index contributed by atoms with van der Waals surface area (Å²) < 4.78 is 50.6. The Morgan fingerprint density at radius 2 is 1.77 bits per heavy atom. The molecule has 1 aromatic heterocycles. The zero-order valence-electron chi connectivity index (χ0n) is 16.7. The highest BCUT2D eigenvalue weighted by Gasteiger charge is 2.34. The van der Waals surface area contributed by atoms with E-state index in [1.54, 1.807) is 23.1 Å². The maximum atomic E-state index is 13.4. The van der Waals surface area contributed by atoms with Gasteiger partial charge >= 0.3 is 6.18 Å². The Labute approximate surface area is 176 Å². The molecule has 1 saturated heterocycles. The summed E-state index contributed by atoms with van der Waals surface area (Å²) in [5, 5.41) is -0.0973. The molecule has 162 valence electrons. The van der Waals surface area contributed by atoms with Crippen LogP contribution in [0.3, 0.4) is 0 Å². The lowest BCUT2D eigenvalue weighted by Gasteiger charge is -2.26. The molecule has 0 bridgehead atoms. The number of hydrogen-bond acceptors (Lipinski definition) is 6. The number of likely N-dealkylation sites (tertiary alicyclic amines) is 1. The van der Waals surface area contributed by atoms with Crippen LogP contribution in [0.15, 0.2) is 29.4 Å². The molecule has 3 rings (SSSR count). The summed E-state index contributed by atoms with van der Waals surface area (Å²) in [7, 11) is 2.91. The molecule has 0 spiro atoms. The minimum atomic E-state index is -4.64. The number of rotatable bonds is 6. The van der Waals surface area contributed by atoms with Gasteiger partial charge in [0.05, 0.1) is 25.7 Å². The Balaban J connectivity index is 1.88. The van der Waals surface area contributed by atoms with E-state index in [-0.39, 0.29) is 22.5 Å². The number of thioether (sulfide) groups is 1. The van der Waals surface area contributed by atoms with E-state index in [0.717, 1.165) is 37.1 Å². The molecule has 30 heavy (non-hydrogen) atoms. The number of aromatic nitrogens is 2. The summed E-state index contributed by atoms with van der Waals surface area (Å²) in [6.07, 6.45) is -1.66. The Kier molecular flexibility index (Phi) is 7.06. The minimum absolute atomic E-state index is 0.00726. The molecular formula is C20H22F3N3O3S. The number of piperidine rings is 1. The van der Waals surface area contributed by atoms with Gasteiger partial charge in [0.2, 0.25) is 5.91 Å². The number of methoxy groups -OCH3 is 2. The third kappa shape index (κ3) is 5.35. The minimum Gasteiger partial charge on any atom is -0.493 e. The Hall–Kier alpha value is -2.49. The van der Waals surface area contributed by atoms with Gasteiger partial charge < -0.3 is 14.4 Å². The second-order valence-corrected chi connectivity index (χ2v) is 7.66. The highest BCUT2D eigenvalue weighted by atomic mass is 32.2. The molecule has 0 unspecified atom stereocenters. The first-order valence-electron chi connectivity index (χ1n) is 9.41. The predicted molar refractivity (Wildman–Crippen MR) is 107 cm³/mol. The molecule has 0 radical (unpaired) electrons. The quantitative estimate of drug-likeness (QED) is 0.492. The average Bonchev–Trinajstić information content (AvgIpc) is 2.76. The molecule has 2 heterocycles. The molecule has 10 heteroatoms. The Morgan fingerprint density at radius 1 is 1.07 bits per heavy atom. The predicted octanol–water partition coefficient (Wildman–Crippen LogP) is 4.28. The number of alkyl halides is 3. The topological polar surface area (TPSA) is 64.5 Å². The molecule has 0 saturated carbocycles. The van der Waals surface area contributed by atoms with Gasteiger partial charge in [0.25, 0.3) is 0 Å².